The number of nitrogens with one attached hydrogen (secondary N) is 1. The van der Waals surface area contributed by atoms with Gasteiger partial charge in [0.1, 0.15) is 0 Å². The maximum Gasteiger partial charge on any atom is 0.328 e. The van der Waals surface area contributed by atoms with Gasteiger partial charge in [-0.25, -0.2) is 4.79 Å². The van der Waals surface area contributed by atoms with Gasteiger partial charge in [0, 0.05) is 23.2 Å². The van der Waals surface area contributed by atoms with E-state index in [1.54, 1.807) is 18.2 Å². The number of rotatable bonds is 3. The van der Waals surface area contributed by atoms with Crippen LogP contribution in [0.15, 0.2) is 36.5 Å². The molecule has 2 rings (SSSR count). The van der Waals surface area contributed by atoms with Crippen molar-refractivity contribution in [3.63, 3.8) is 0 Å². The molecule has 0 saturated heterocycles. The van der Waals surface area contributed by atoms with E-state index in [2.05, 4.69) is 4.98 Å². The Morgan fingerprint density at radius 2 is 2.06 bits per heavy atom. The third kappa shape index (κ3) is 2.21. The Labute approximate surface area is 102 Å². The van der Waals surface area contributed by atoms with E-state index in [0.29, 0.717) is 21.5 Å². The van der Waals surface area contributed by atoms with Gasteiger partial charge in [0.05, 0.1) is 10.5 Å². The van der Waals surface area contributed by atoms with Crippen LogP contribution in [0, 0.1) is 0 Å². The molecule has 0 aliphatic heterocycles. The Morgan fingerprint density at radius 1 is 1.29 bits per heavy atom. The zero-order chi connectivity index (χ0) is 12.4. The zero-order valence-corrected chi connectivity index (χ0v) is 9.36. The molecule has 0 atom stereocenters. The first-order valence-corrected chi connectivity index (χ1v) is 5.18. The van der Waals surface area contributed by atoms with Crippen LogP contribution >= 0.6 is 11.6 Å². The molecule has 17 heavy (non-hydrogen) atoms. The maximum absolute atomic E-state index is 11.7. The highest BCUT2D eigenvalue weighted by Gasteiger charge is 2.11. The number of H-pyrrole nitrogens is 1. The van der Waals surface area contributed by atoms with E-state index in [1.165, 1.54) is 6.20 Å². The summed E-state index contributed by atoms with van der Waals surface area (Å²) in [5.74, 6) is -1.53. The molecule has 0 spiro atoms. The van der Waals surface area contributed by atoms with Crippen LogP contribution in [0.1, 0.15) is 10.4 Å². The van der Waals surface area contributed by atoms with Gasteiger partial charge in [-0.2, -0.15) is 0 Å². The first-order chi connectivity index (χ1) is 8.09. The van der Waals surface area contributed by atoms with Crippen LogP contribution in [0.25, 0.3) is 10.9 Å². The second kappa shape index (κ2) is 4.43. The van der Waals surface area contributed by atoms with Gasteiger partial charge < -0.3 is 10.1 Å². The SMILES string of the molecule is O=C(O)/C=C/C(=O)c1c[nH]c2c(Cl)cccc12. The monoisotopic (exact) mass is 249 g/mol. The average molecular weight is 250 g/mol. The summed E-state index contributed by atoms with van der Waals surface area (Å²) in [7, 11) is 0. The second-order valence-electron chi connectivity index (χ2n) is 3.40. The number of halogens is 1. The van der Waals surface area contributed by atoms with E-state index in [4.69, 9.17) is 16.7 Å². The lowest BCUT2D eigenvalue weighted by molar-refractivity contribution is -0.131. The fourth-order valence-electron chi connectivity index (χ4n) is 1.56. The first kappa shape index (κ1) is 11.4. The Bertz CT molecular complexity index is 628. The van der Waals surface area contributed by atoms with Crippen LogP contribution in [-0.2, 0) is 4.79 Å². The number of aliphatic carboxylic acids is 1. The summed E-state index contributed by atoms with van der Waals surface area (Å²) in [6.45, 7) is 0. The molecule has 0 fully saturated rings. The number of carbonyl (C=O) groups excluding carboxylic acids is 1. The predicted octanol–water partition coefficient (Wildman–Crippen LogP) is 2.64. The fourth-order valence-corrected chi connectivity index (χ4v) is 1.79. The molecule has 1 heterocycles. The number of benzene rings is 1. The molecule has 0 saturated carbocycles. The van der Waals surface area contributed by atoms with E-state index >= 15 is 0 Å². The molecule has 86 valence electrons. The minimum absolute atomic E-state index is 0.374. The Balaban J connectivity index is 2.47. The van der Waals surface area contributed by atoms with Gasteiger partial charge in [-0.05, 0) is 12.1 Å². The molecule has 1 aromatic carbocycles. The van der Waals surface area contributed by atoms with Crippen molar-refractivity contribution in [2.24, 2.45) is 0 Å². The van der Waals surface area contributed by atoms with Crippen LogP contribution < -0.4 is 0 Å². The molecule has 0 aliphatic carbocycles. The van der Waals surface area contributed by atoms with Crippen LogP contribution in [0.5, 0.6) is 0 Å². The van der Waals surface area contributed by atoms with Crippen molar-refractivity contribution in [2.45, 2.75) is 0 Å². The van der Waals surface area contributed by atoms with Crippen molar-refractivity contribution >= 4 is 34.3 Å². The topological polar surface area (TPSA) is 70.2 Å². The minimum Gasteiger partial charge on any atom is -0.478 e. The van der Waals surface area contributed by atoms with E-state index in [9.17, 15) is 9.59 Å². The van der Waals surface area contributed by atoms with E-state index in [1.807, 2.05) is 0 Å². The summed E-state index contributed by atoms with van der Waals surface area (Å²) in [6.07, 6.45) is 3.35. The number of hydrogen-bond donors (Lipinski definition) is 2. The maximum atomic E-state index is 11.7. The number of aromatic amines is 1. The summed E-state index contributed by atoms with van der Waals surface area (Å²) < 4.78 is 0. The summed E-state index contributed by atoms with van der Waals surface area (Å²) >= 11 is 5.95. The summed E-state index contributed by atoms with van der Waals surface area (Å²) in [5.41, 5.74) is 1.07. The lowest BCUT2D eigenvalue weighted by atomic mass is 10.1. The predicted molar refractivity (Wildman–Crippen MR) is 64.4 cm³/mol. The highest BCUT2D eigenvalue weighted by molar-refractivity contribution is 6.35. The fraction of sp³-hybridized carbons (Fsp3) is 0. The highest BCUT2D eigenvalue weighted by atomic mass is 35.5. The van der Waals surface area contributed by atoms with E-state index in [0.717, 1.165) is 12.2 Å². The Hall–Kier alpha value is -2.07. The minimum atomic E-state index is -1.16. The zero-order valence-electron chi connectivity index (χ0n) is 8.61. The highest BCUT2D eigenvalue weighted by Crippen LogP contribution is 2.25. The van der Waals surface area contributed by atoms with Gasteiger partial charge in [-0.15, -0.1) is 0 Å². The number of aromatic nitrogens is 1. The summed E-state index contributed by atoms with van der Waals surface area (Å²) in [5, 5.41) is 9.64. The number of hydrogen-bond acceptors (Lipinski definition) is 2. The third-order valence-electron chi connectivity index (χ3n) is 2.31. The molecular weight excluding hydrogens is 242 g/mol. The summed E-state index contributed by atoms with van der Waals surface area (Å²) in [4.78, 5) is 24.9. The standard InChI is InChI=1S/C12H8ClNO3/c13-9-3-1-2-7-8(6-14-12(7)9)10(15)4-5-11(16)17/h1-6,14H,(H,16,17)/b5-4+. The third-order valence-corrected chi connectivity index (χ3v) is 2.62. The molecule has 0 unspecified atom stereocenters. The quantitative estimate of drug-likeness (QED) is 0.649. The van der Waals surface area contributed by atoms with E-state index in [-0.39, 0.29) is 5.78 Å². The molecule has 0 amide bonds. The molecule has 0 radical (unpaired) electrons. The first-order valence-electron chi connectivity index (χ1n) is 4.80. The van der Waals surface area contributed by atoms with Gasteiger partial charge in [-0.3, -0.25) is 4.79 Å². The van der Waals surface area contributed by atoms with Crippen molar-refractivity contribution < 1.29 is 14.7 Å². The molecular formula is C12H8ClNO3. The molecule has 4 nitrogen and oxygen atoms in total. The van der Waals surface area contributed by atoms with Crippen LogP contribution in [0.4, 0.5) is 0 Å². The average Bonchev–Trinajstić information content (AvgIpc) is 2.71. The number of carboxylic acid groups (broad SMARTS) is 1. The van der Waals surface area contributed by atoms with Crippen molar-refractivity contribution in [3.05, 3.63) is 47.1 Å². The largest absolute Gasteiger partial charge is 0.478 e. The lowest BCUT2D eigenvalue weighted by Crippen LogP contribution is -1.95. The second-order valence-corrected chi connectivity index (χ2v) is 3.81. The van der Waals surface area contributed by atoms with Crippen molar-refractivity contribution in [1.82, 2.24) is 4.98 Å². The van der Waals surface area contributed by atoms with Gasteiger partial charge >= 0.3 is 5.97 Å². The van der Waals surface area contributed by atoms with Crippen LogP contribution in [0.2, 0.25) is 5.02 Å². The molecule has 1 aromatic heterocycles. The number of fused-ring (bicyclic) bond motifs is 1. The van der Waals surface area contributed by atoms with Crippen LogP contribution in [0.3, 0.4) is 0 Å². The molecule has 0 bridgehead atoms. The van der Waals surface area contributed by atoms with E-state index < -0.39 is 5.97 Å². The number of para-hydroxylation sites is 1. The van der Waals surface area contributed by atoms with Crippen molar-refractivity contribution in [2.75, 3.05) is 0 Å². The number of carbonyl (C=O) groups is 2. The summed E-state index contributed by atoms with van der Waals surface area (Å²) in [6, 6.07) is 5.19. The smallest absolute Gasteiger partial charge is 0.328 e. The lowest BCUT2D eigenvalue weighted by Gasteiger charge is -1.94. The number of ketones is 1. The molecule has 0 aliphatic rings. The number of carboxylic acids is 1. The van der Waals surface area contributed by atoms with Crippen molar-refractivity contribution in [3.8, 4) is 0 Å². The Kier molecular flexibility index (Phi) is 2.97. The molecule has 2 N–H and O–H groups in total. The van der Waals surface area contributed by atoms with Gasteiger partial charge in [0.25, 0.3) is 0 Å². The van der Waals surface area contributed by atoms with Gasteiger partial charge in [0.2, 0.25) is 0 Å². The number of allylic oxidation sites excluding steroid dienone is 1. The molecule has 5 heteroatoms. The van der Waals surface area contributed by atoms with Gasteiger partial charge in [0.15, 0.2) is 5.78 Å². The normalized spacial score (nSPS) is 11.1. The van der Waals surface area contributed by atoms with Gasteiger partial charge in [-0.1, -0.05) is 23.7 Å². The van der Waals surface area contributed by atoms with Crippen LogP contribution in [-0.4, -0.2) is 21.8 Å². The molecule has 2 aromatic rings. The van der Waals surface area contributed by atoms with Crippen molar-refractivity contribution in [1.29, 1.82) is 0 Å². The Morgan fingerprint density at radius 3 is 2.76 bits per heavy atom.